The molecule has 0 aliphatic carbocycles. The van der Waals surface area contributed by atoms with Gasteiger partial charge in [-0.3, -0.25) is 4.18 Å². The van der Waals surface area contributed by atoms with Crippen molar-refractivity contribution in [2.45, 2.75) is 5.44 Å². The lowest BCUT2D eigenvalue weighted by Gasteiger charge is -2.21. The highest BCUT2D eigenvalue weighted by Gasteiger charge is 2.27. The molecule has 1 unspecified atom stereocenters. The smallest absolute Gasteiger partial charge is 0.295 e. The summed E-state index contributed by atoms with van der Waals surface area (Å²) < 4.78 is 31.2. The lowest BCUT2D eigenvalue weighted by molar-refractivity contribution is 0.0711. The molecule has 11 heavy (non-hydrogen) atoms. The molecule has 0 amide bonds. The molecule has 0 bridgehead atoms. The van der Waals surface area contributed by atoms with Crippen molar-refractivity contribution >= 4 is 10.1 Å². The molecule has 1 saturated heterocycles. The molecule has 1 rings (SSSR count). The molecule has 1 aliphatic rings. The zero-order chi connectivity index (χ0) is 8.32. The van der Waals surface area contributed by atoms with E-state index in [-0.39, 0.29) is 0 Å². The van der Waals surface area contributed by atoms with E-state index in [0.29, 0.717) is 19.7 Å². The van der Waals surface area contributed by atoms with Gasteiger partial charge in [-0.1, -0.05) is 0 Å². The fraction of sp³-hybridized carbons (Fsp3) is 1.00. The van der Waals surface area contributed by atoms with Crippen LogP contribution in [0.1, 0.15) is 0 Å². The summed E-state index contributed by atoms with van der Waals surface area (Å²) in [5.74, 6) is 0. The summed E-state index contributed by atoms with van der Waals surface area (Å²) in [6, 6.07) is 0. The molecule has 1 heterocycles. The topological polar surface area (TPSA) is 64.6 Å². The molecule has 1 N–H and O–H groups in total. The van der Waals surface area contributed by atoms with E-state index >= 15 is 0 Å². The zero-order valence-electron chi connectivity index (χ0n) is 6.24. The summed E-state index contributed by atoms with van der Waals surface area (Å²) in [4.78, 5) is 0. The van der Waals surface area contributed by atoms with Crippen LogP contribution in [0.4, 0.5) is 0 Å². The third-order valence-corrected chi connectivity index (χ3v) is 2.86. The molecule has 0 radical (unpaired) electrons. The zero-order valence-corrected chi connectivity index (χ0v) is 7.06. The molecular weight excluding hydrogens is 170 g/mol. The summed E-state index contributed by atoms with van der Waals surface area (Å²) >= 11 is 0. The average molecular weight is 181 g/mol. The van der Waals surface area contributed by atoms with Crippen LogP contribution in [0.15, 0.2) is 0 Å². The van der Waals surface area contributed by atoms with Crippen LogP contribution in [0.5, 0.6) is 0 Å². The van der Waals surface area contributed by atoms with Gasteiger partial charge < -0.3 is 10.1 Å². The molecule has 1 atom stereocenters. The van der Waals surface area contributed by atoms with Crippen LogP contribution in [-0.2, 0) is 19.0 Å². The minimum Gasteiger partial charge on any atom is -0.357 e. The maximum Gasteiger partial charge on any atom is 0.295 e. The lowest BCUT2D eigenvalue weighted by Crippen LogP contribution is -2.43. The standard InChI is InChI=1S/C5H11NO4S/c1-9-11(7,8)5-4-6-2-3-10-5/h5-6H,2-4H2,1H3. The van der Waals surface area contributed by atoms with E-state index in [2.05, 4.69) is 9.50 Å². The highest BCUT2D eigenvalue weighted by atomic mass is 32.2. The maximum atomic E-state index is 11.0. The minimum absolute atomic E-state index is 0.302. The van der Waals surface area contributed by atoms with Crippen molar-refractivity contribution in [3.63, 3.8) is 0 Å². The Labute approximate surface area is 65.8 Å². The van der Waals surface area contributed by atoms with Gasteiger partial charge in [0.05, 0.1) is 13.7 Å². The van der Waals surface area contributed by atoms with Crippen LogP contribution in [-0.4, -0.2) is 40.7 Å². The highest BCUT2D eigenvalue weighted by Crippen LogP contribution is 2.06. The maximum absolute atomic E-state index is 11.0. The number of ether oxygens (including phenoxy) is 1. The second kappa shape index (κ2) is 3.48. The number of rotatable bonds is 2. The molecule has 0 aromatic rings. The third kappa shape index (κ3) is 2.13. The van der Waals surface area contributed by atoms with E-state index < -0.39 is 15.6 Å². The SMILES string of the molecule is COS(=O)(=O)C1CNCCO1. The molecular formula is C5H11NO4S. The Kier molecular flexibility index (Phi) is 2.83. The lowest BCUT2D eigenvalue weighted by atomic mass is 10.5. The van der Waals surface area contributed by atoms with E-state index in [4.69, 9.17) is 4.74 Å². The van der Waals surface area contributed by atoms with Crippen LogP contribution in [0.25, 0.3) is 0 Å². The molecule has 0 spiro atoms. The largest absolute Gasteiger partial charge is 0.357 e. The van der Waals surface area contributed by atoms with Crippen molar-refractivity contribution in [1.82, 2.24) is 5.32 Å². The van der Waals surface area contributed by atoms with Crippen molar-refractivity contribution in [3.05, 3.63) is 0 Å². The molecule has 0 saturated carbocycles. The first-order valence-electron chi connectivity index (χ1n) is 3.28. The number of hydrogen-bond donors (Lipinski definition) is 1. The van der Waals surface area contributed by atoms with Crippen molar-refractivity contribution in [3.8, 4) is 0 Å². The number of nitrogens with one attached hydrogen (secondary N) is 1. The van der Waals surface area contributed by atoms with E-state index in [1.54, 1.807) is 0 Å². The summed E-state index contributed by atoms with van der Waals surface area (Å²) in [5.41, 5.74) is -0.846. The quantitative estimate of drug-likeness (QED) is 0.548. The fourth-order valence-corrected chi connectivity index (χ4v) is 1.63. The van der Waals surface area contributed by atoms with Crippen molar-refractivity contribution in [2.24, 2.45) is 0 Å². The van der Waals surface area contributed by atoms with Gasteiger partial charge in [0, 0.05) is 13.1 Å². The minimum atomic E-state index is -3.51. The van der Waals surface area contributed by atoms with Gasteiger partial charge in [0.15, 0.2) is 5.44 Å². The van der Waals surface area contributed by atoms with Crippen molar-refractivity contribution in [2.75, 3.05) is 26.8 Å². The first kappa shape index (κ1) is 8.92. The van der Waals surface area contributed by atoms with Crippen LogP contribution in [0.3, 0.4) is 0 Å². The third-order valence-electron chi connectivity index (χ3n) is 1.45. The van der Waals surface area contributed by atoms with Gasteiger partial charge in [-0.15, -0.1) is 0 Å². The molecule has 66 valence electrons. The van der Waals surface area contributed by atoms with Gasteiger partial charge in [-0.25, -0.2) is 0 Å². The highest BCUT2D eigenvalue weighted by molar-refractivity contribution is 7.87. The Bertz CT molecular complexity index is 207. The first-order valence-corrected chi connectivity index (χ1v) is 4.76. The van der Waals surface area contributed by atoms with Crippen LogP contribution < -0.4 is 5.32 Å². The summed E-state index contributed by atoms with van der Waals surface area (Å²) in [6.07, 6.45) is 0. The first-order chi connectivity index (χ1) is 5.17. The van der Waals surface area contributed by atoms with Crippen LogP contribution >= 0.6 is 0 Å². The molecule has 5 nitrogen and oxygen atoms in total. The predicted molar refractivity (Wildman–Crippen MR) is 38.5 cm³/mol. The van der Waals surface area contributed by atoms with Gasteiger partial charge in [-0.05, 0) is 0 Å². The van der Waals surface area contributed by atoms with Gasteiger partial charge in [0.1, 0.15) is 0 Å². The second-order valence-electron chi connectivity index (χ2n) is 2.16. The Morgan fingerprint density at radius 2 is 2.36 bits per heavy atom. The van der Waals surface area contributed by atoms with Crippen LogP contribution in [0.2, 0.25) is 0 Å². The average Bonchev–Trinajstić information content (AvgIpc) is 2.06. The molecule has 1 aliphatic heterocycles. The number of hydrogen-bond acceptors (Lipinski definition) is 5. The van der Waals surface area contributed by atoms with Gasteiger partial charge in [0.2, 0.25) is 0 Å². The Hall–Kier alpha value is -0.170. The summed E-state index contributed by atoms with van der Waals surface area (Å²) in [6.45, 7) is 1.40. The Morgan fingerprint density at radius 3 is 2.82 bits per heavy atom. The van der Waals surface area contributed by atoms with Gasteiger partial charge >= 0.3 is 0 Å². The molecule has 0 aromatic carbocycles. The Balaban J connectivity index is 2.58. The van der Waals surface area contributed by atoms with Gasteiger partial charge in [0.25, 0.3) is 10.1 Å². The van der Waals surface area contributed by atoms with E-state index in [1.807, 2.05) is 0 Å². The molecule has 0 aromatic heterocycles. The second-order valence-corrected chi connectivity index (χ2v) is 4.01. The fourth-order valence-electron chi connectivity index (χ4n) is 0.834. The Morgan fingerprint density at radius 1 is 1.64 bits per heavy atom. The summed E-state index contributed by atoms with van der Waals surface area (Å²) in [5, 5.41) is 2.89. The normalized spacial score (nSPS) is 26.8. The molecule has 6 heteroatoms. The van der Waals surface area contributed by atoms with Crippen molar-refractivity contribution < 1.29 is 17.3 Å². The molecule has 1 fully saturated rings. The predicted octanol–water partition coefficient (Wildman–Crippen LogP) is -1.09. The monoisotopic (exact) mass is 181 g/mol. The van der Waals surface area contributed by atoms with E-state index in [1.165, 1.54) is 0 Å². The van der Waals surface area contributed by atoms with Gasteiger partial charge in [-0.2, -0.15) is 8.42 Å². The van der Waals surface area contributed by atoms with Crippen molar-refractivity contribution in [1.29, 1.82) is 0 Å². The van der Waals surface area contributed by atoms with Crippen LogP contribution in [0, 0.1) is 0 Å². The van der Waals surface area contributed by atoms with E-state index in [0.717, 1.165) is 7.11 Å². The summed E-state index contributed by atoms with van der Waals surface area (Å²) in [7, 11) is -2.37. The number of morpholine rings is 1. The van der Waals surface area contributed by atoms with E-state index in [9.17, 15) is 8.42 Å².